The first-order valence-electron chi connectivity index (χ1n) is 8.32. The van der Waals surface area contributed by atoms with E-state index in [-0.39, 0.29) is 11.9 Å². The highest BCUT2D eigenvalue weighted by atomic mass is 35.5. The summed E-state index contributed by atoms with van der Waals surface area (Å²) < 4.78 is 5.29. The van der Waals surface area contributed by atoms with Crippen molar-refractivity contribution in [1.82, 2.24) is 5.32 Å². The normalized spacial score (nSPS) is 11.9. The van der Waals surface area contributed by atoms with Crippen molar-refractivity contribution < 1.29 is 9.21 Å². The molecule has 0 fully saturated rings. The average molecular weight is 354 g/mol. The summed E-state index contributed by atoms with van der Waals surface area (Å²) in [6.45, 7) is 0. The van der Waals surface area contributed by atoms with Crippen LogP contribution in [-0.2, 0) is 17.6 Å². The third-order valence-electron chi connectivity index (χ3n) is 4.07. The molecular formula is C21H20ClNO2. The zero-order valence-corrected chi connectivity index (χ0v) is 14.6. The Balaban J connectivity index is 1.67. The van der Waals surface area contributed by atoms with Crippen LogP contribution < -0.4 is 5.32 Å². The molecule has 0 aliphatic heterocycles. The molecule has 2 aromatic carbocycles. The molecule has 0 bridgehead atoms. The summed E-state index contributed by atoms with van der Waals surface area (Å²) in [4.78, 5) is 12.4. The van der Waals surface area contributed by atoms with Crippen LogP contribution in [0.5, 0.6) is 0 Å². The molecule has 128 valence electrons. The van der Waals surface area contributed by atoms with Crippen molar-refractivity contribution in [1.29, 1.82) is 0 Å². The van der Waals surface area contributed by atoms with Gasteiger partial charge in [0.15, 0.2) is 0 Å². The molecule has 1 atom stereocenters. The number of hydrogen-bond donors (Lipinski definition) is 1. The van der Waals surface area contributed by atoms with Gasteiger partial charge < -0.3 is 9.73 Å². The first-order valence-corrected chi connectivity index (χ1v) is 8.69. The second kappa shape index (κ2) is 8.54. The van der Waals surface area contributed by atoms with E-state index in [0.29, 0.717) is 24.3 Å². The van der Waals surface area contributed by atoms with Gasteiger partial charge in [-0.05, 0) is 41.8 Å². The lowest BCUT2D eigenvalue weighted by Crippen LogP contribution is -2.30. The fraction of sp³-hybridized carbons (Fsp3) is 0.190. The van der Waals surface area contributed by atoms with Crippen LogP contribution in [0.1, 0.15) is 29.3 Å². The first-order chi connectivity index (χ1) is 12.2. The number of amides is 1. The Morgan fingerprint density at radius 1 is 1.00 bits per heavy atom. The molecule has 4 heteroatoms. The Bertz CT molecular complexity index is 783. The number of carbonyl (C=O) groups excluding carboxylic acids is 1. The average Bonchev–Trinajstić information content (AvgIpc) is 3.16. The summed E-state index contributed by atoms with van der Waals surface area (Å²) >= 11 is 5.96. The lowest BCUT2D eigenvalue weighted by Gasteiger charge is -2.19. The van der Waals surface area contributed by atoms with Gasteiger partial charge in [-0.25, -0.2) is 0 Å². The topological polar surface area (TPSA) is 42.2 Å². The van der Waals surface area contributed by atoms with Crippen molar-refractivity contribution in [3.8, 4) is 0 Å². The van der Waals surface area contributed by atoms with E-state index in [1.165, 1.54) is 0 Å². The second-order valence-corrected chi connectivity index (χ2v) is 6.38. The highest BCUT2D eigenvalue weighted by Crippen LogP contribution is 2.20. The van der Waals surface area contributed by atoms with E-state index in [1.54, 1.807) is 6.26 Å². The predicted octanol–water partition coefficient (Wildman–Crippen LogP) is 4.97. The summed E-state index contributed by atoms with van der Waals surface area (Å²) in [6, 6.07) is 21.4. The summed E-state index contributed by atoms with van der Waals surface area (Å²) in [6.07, 6.45) is 3.34. The van der Waals surface area contributed by atoms with Crippen LogP contribution in [-0.4, -0.2) is 5.91 Å². The van der Waals surface area contributed by atoms with Gasteiger partial charge in [0.05, 0.1) is 12.3 Å². The number of nitrogens with one attached hydrogen (secondary N) is 1. The smallest absolute Gasteiger partial charge is 0.220 e. The molecule has 0 spiro atoms. The molecule has 0 aliphatic rings. The molecular weight excluding hydrogens is 334 g/mol. The molecule has 1 aromatic heterocycles. The number of hydrogen-bond acceptors (Lipinski definition) is 2. The summed E-state index contributed by atoms with van der Waals surface area (Å²) in [5.41, 5.74) is 2.22. The third kappa shape index (κ3) is 5.23. The SMILES string of the molecule is O=C(CCc1ccco1)NC(Cc1ccc(Cl)cc1)c1ccccc1. The molecule has 1 unspecified atom stereocenters. The van der Waals surface area contributed by atoms with Crippen molar-refractivity contribution in [2.45, 2.75) is 25.3 Å². The van der Waals surface area contributed by atoms with E-state index >= 15 is 0 Å². The molecule has 3 rings (SSSR count). The third-order valence-corrected chi connectivity index (χ3v) is 4.32. The van der Waals surface area contributed by atoms with Crippen LogP contribution in [0.15, 0.2) is 77.4 Å². The van der Waals surface area contributed by atoms with Gasteiger partial charge in [0.25, 0.3) is 0 Å². The van der Waals surface area contributed by atoms with Gasteiger partial charge in [-0.1, -0.05) is 54.1 Å². The Kier molecular flexibility index (Phi) is 5.91. The van der Waals surface area contributed by atoms with E-state index in [1.807, 2.05) is 66.7 Å². The fourth-order valence-electron chi connectivity index (χ4n) is 2.75. The monoisotopic (exact) mass is 353 g/mol. The maximum Gasteiger partial charge on any atom is 0.220 e. The minimum atomic E-state index is -0.0773. The predicted molar refractivity (Wildman–Crippen MR) is 99.5 cm³/mol. The van der Waals surface area contributed by atoms with Gasteiger partial charge in [-0.2, -0.15) is 0 Å². The number of aryl methyl sites for hydroxylation is 1. The molecule has 0 aliphatic carbocycles. The number of furan rings is 1. The van der Waals surface area contributed by atoms with E-state index < -0.39 is 0 Å². The van der Waals surface area contributed by atoms with Crippen LogP contribution in [0.3, 0.4) is 0 Å². The van der Waals surface area contributed by atoms with Gasteiger partial charge >= 0.3 is 0 Å². The summed E-state index contributed by atoms with van der Waals surface area (Å²) in [7, 11) is 0. The Labute approximate surface area is 152 Å². The van der Waals surface area contributed by atoms with Crippen LogP contribution in [0.2, 0.25) is 5.02 Å². The quantitative estimate of drug-likeness (QED) is 0.651. The number of halogens is 1. The Morgan fingerprint density at radius 3 is 2.44 bits per heavy atom. The molecule has 0 saturated carbocycles. The van der Waals surface area contributed by atoms with Crippen LogP contribution in [0.4, 0.5) is 0 Å². The maximum absolute atomic E-state index is 12.4. The highest BCUT2D eigenvalue weighted by Gasteiger charge is 2.15. The second-order valence-electron chi connectivity index (χ2n) is 5.94. The van der Waals surface area contributed by atoms with E-state index in [2.05, 4.69) is 5.32 Å². The maximum atomic E-state index is 12.4. The highest BCUT2D eigenvalue weighted by molar-refractivity contribution is 6.30. The van der Waals surface area contributed by atoms with Crippen LogP contribution in [0.25, 0.3) is 0 Å². The van der Waals surface area contributed by atoms with Crippen molar-refractivity contribution in [2.75, 3.05) is 0 Å². The molecule has 0 saturated heterocycles. The van der Waals surface area contributed by atoms with Crippen molar-refractivity contribution >= 4 is 17.5 Å². The van der Waals surface area contributed by atoms with Gasteiger partial charge in [0.1, 0.15) is 5.76 Å². The zero-order valence-electron chi connectivity index (χ0n) is 13.8. The van der Waals surface area contributed by atoms with Crippen molar-refractivity contribution in [3.63, 3.8) is 0 Å². The van der Waals surface area contributed by atoms with Gasteiger partial charge in [0, 0.05) is 17.9 Å². The minimum Gasteiger partial charge on any atom is -0.469 e. The first kappa shape index (κ1) is 17.3. The molecule has 25 heavy (non-hydrogen) atoms. The summed E-state index contributed by atoms with van der Waals surface area (Å²) in [5, 5.41) is 3.86. The van der Waals surface area contributed by atoms with Crippen LogP contribution >= 0.6 is 11.6 Å². The molecule has 1 amide bonds. The lowest BCUT2D eigenvalue weighted by molar-refractivity contribution is -0.121. The van der Waals surface area contributed by atoms with Gasteiger partial charge in [-0.3, -0.25) is 4.79 Å². The number of benzene rings is 2. The van der Waals surface area contributed by atoms with Crippen LogP contribution in [0, 0.1) is 0 Å². The molecule has 3 aromatic rings. The zero-order chi connectivity index (χ0) is 17.5. The summed E-state index contributed by atoms with van der Waals surface area (Å²) in [5.74, 6) is 0.836. The molecule has 1 heterocycles. The van der Waals surface area contributed by atoms with Crippen molar-refractivity contribution in [2.24, 2.45) is 0 Å². The molecule has 0 radical (unpaired) electrons. The standard InChI is InChI=1S/C21H20ClNO2/c22-18-10-8-16(9-11-18)15-20(17-5-2-1-3-6-17)23-21(24)13-12-19-7-4-14-25-19/h1-11,14,20H,12-13,15H2,(H,23,24). The molecule has 3 nitrogen and oxygen atoms in total. The minimum absolute atomic E-state index is 0.0132. The van der Waals surface area contributed by atoms with E-state index in [0.717, 1.165) is 16.9 Å². The van der Waals surface area contributed by atoms with Crippen molar-refractivity contribution in [3.05, 3.63) is 94.9 Å². The number of rotatable bonds is 7. The molecule has 1 N–H and O–H groups in total. The van der Waals surface area contributed by atoms with E-state index in [9.17, 15) is 4.79 Å². The Morgan fingerprint density at radius 2 is 1.76 bits per heavy atom. The fourth-order valence-corrected chi connectivity index (χ4v) is 2.88. The number of carbonyl (C=O) groups is 1. The Hall–Kier alpha value is -2.52. The van der Waals surface area contributed by atoms with Gasteiger partial charge in [-0.15, -0.1) is 0 Å². The lowest BCUT2D eigenvalue weighted by atomic mass is 9.98. The van der Waals surface area contributed by atoms with E-state index in [4.69, 9.17) is 16.0 Å². The largest absolute Gasteiger partial charge is 0.469 e. The van der Waals surface area contributed by atoms with Gasteiger partial charge in [0.2, 0.25) is 5.91 Å².